The van der Waals surface area contributed by atoms with Crippen LogP contribution in [0.3, 0.4) is 0 Å². The zero-order chi connectivity index (χ0) is 14.5. The standard InChI is InChI=1S/C14H12FNO4/c1-9-2-3-12(11(15)6-9)16-13(17)8-20-14(18)10-4-5-19-7-10/h2-7H,8H2,1H3,(H,16,17). The Morgan fingerprint density at radius 2 is 2.15 bits per heavy atom. The average Bonchev–Trinajstić information content (AvgIpc) is 2.93. The molecule has 1 N–H and O–H groups in total. The highest BCUT2D eigenvalue weighted by atomic mass is 19.1. The van der Waals surface area contributed by atoms with Gasteiger partial charge in [0.05, 0.1) is 17.5 Å². The molecule has 1 amide bonds. The number of aryl methyl sites for hydroxylation is 1. The minimum Gasteiger partial charge on any atom is -0.472 e. The first-order valence-electron chi connectivity index (χ1n) is 5.81. The van der Waals surface area contributed by atoms with E-state index in [2.05, 4.69) is 5.32 Å². The van der Waals surface area contributed by atoms with E-state index in [9.17, 15) is 14.0 Å². The Balaban J connectivity index is 1.88. The third-order valence-corrected chi connectivity index (χ3v) is 2.49. The molecule has 0 bridgehead atoms. The summed E-state index contributed by atoms with van der Waals surface area (Å²) in [6.07, 6.45) is 2.53. The summed E-state index contributed by atoms with van der Waals surface area (Å²) in [7, 11) is 0. The molecule has 0 saturated heterocycles. The number of benzene rings is 1. The number of halogens is 1. The number of amides is 1. The van der Waals surface area contributed by atoms with E-state index in [4.69, 9.17) is 9.15 Å². The molecule has 0 aliphatic rings. The van der Waals surface area contributed by atoms with Gasteiger partial charge in [-0.15, -0.1) is 0 Å². The maximum absolute atomic E-state index is 13.5. The van der Waals surface area contributed by atoms with Gasteiger partial charge in [-0.2, -0.15) is 0 Å². The summed E-state index contributed by atoms with van der Waals surface area (Å²) in [6, 6.07) is 5.82. The molecule has 104 valence electrons. The second-order valence-electron chi connectivity index (χ2n) is 4.12. The van der Waals surface area contributed by atoms with Crippen molar-refractivity contribution in [1.29, 1.82) is 0 Å². The van der Waals surface area contributed by atoms with Crippen LogP contribution in [-0.4, -0.2) is 18.5 Å². The number of rotatable bonds is 4. The van der Waals surface area contributed by atoms with Crippen LogP contribution in [0.15, 0.2) is 41.2 Å². The van der Waals surface area contributed by atoms with Crippen molar-refractivity contribution in [3.8, 4) is 0 Å². The Morgan fingerprint density at radius 1 is 1.35 bits per heavy atom. The second kappa shape index (κ2) is 6.01. The molecule has 1 aromatic heterocycles. The monoisotopic (exact) mass is 277 g/mol. The van der Waals surface area contributed by atoms with E-state index in [1.807, 2.05) is 0 Å². The quantitative estimate of drug-likeness (QED) is 0.872. The van der Waals surface area contributed by atoms with Crippen LogP contribution in [0.5, 0.6) is 0 Å². The molecule has 20 heavy (non-hydrogen) atoms. The first-order chi connectivity index (χ1) is 9.56. The molecule has 2 aromatic rings. The van der Waals surface area contributed by atoms with Crippen molar-refractivity contribution in [3.63, 3.8) is 0 Å². The number of hydrogen-bond donors (Lipinski definition) is 1. The number of furan rings is 1. The highest BCUT2D eigenvalue weighted by Crippen LogP contribution is 2.15. The molecule has 1 heterocycles. The topological polar surface area (TPSA) is 68.5 Å². The SMILES string of the molecule is Cc1ccc(NC(=O)COC(=O)c2ccoc2)c(F)c1. The predicted molar refractivity (Wildman–Crippen MR) is 68.8 cm³/mol. The second-order valence-corrected chi connectivity index (χ2v) is 4.12. The van der Waals surface area contributed by atoms with Gasteiger partial charge in [-0.25, -0.2) is 9.18 Å². The van der Waals surface area contributed by atoms with Gasteiger partial charge in [-0.05, 0) is 30.7 Å². The highest BCUT2D eigenvalue weighted by Gasteiger charge is 2.12. The molecule has 1 aromatic carbocycles. The van der Waals surface area contributed by atoms with Crippen LogP contribution in [0.25, 0.3) is 0 Å². The fraction of sp³-hybridized carbons (Fsp3) is 0.143. The van der Waals surface area contributed by atoms with E-state index >= 15 is 0 Å². The zero-order valence-corrected chi connectivity index (χ0v) is 10.7. The summed E-state index contributed by atoms with van der Waals surface area (Å²) >= 11 is 0. The van der Waals surface area contributed by atoms with E-state index in [0.717, 1.165) is 5.56 Å². The average molecular weight is 277 g/mol. The molecule has 6 heteroatoms. The van der Waals surface area contributed by atoms with E-state index in [1.54, 1.807) is 13.0 Å². The van der Waals surface area contributed by atoms with E-state index in [0.29, 0.717) is 0 Å². The lowest BCUT2D eigenvalue weighted by Gasteiger charge is -2.07. The molecule has 0 fully saturated rings. The van der Waals surface area contributed by atoms with Gasteiger partial charge in [0.15, 0.2) is 6.61 Å². The number of nitrogens with one attached hydrogen (secondary N) is 1. The molecular weight excluding hydrogens is 265 g/mol. The largest absolute Gasteiger partial charge is 0.472 e. The Morgan fingerprint density at radius 3 is 2.80 bits per heavy atom. The first kappa shape index (κ1) is 13.8. The van der Waals surface area contributed by atoms with Crippen molar-refractivity contribution in [2.75, 3.05) is 11.9 Å². The lowest BCUT2D eigenvalue weighted by atomic mass is 10.2. The van der Waals surface area contributed by atoms with Gasteiger partial charge in [0, 0.05) is 0 Å². The smallest absolute Gasteiger partial charge is 0.341 e. The summed E-state index contributed by atoms with van der Waals surface area (Å²) < 4.78 is 23.0. The molecule has 2 rings (SSSR count). The number of esters is 1. The number of hydrogen-bond acceptors (Lipinski definition) is 4. The van der Waals surface area contributed by atoms with Crippen molar-refractivity contribution in [2.24, 2.45) is 0 Å². The van der Waals surface area contributed by atoms with Crippen molar-refractivity contribution in [3.05, 3.63) is 53.7 Å². The van der Waals surface area contributed by atoms with Crippen LogP contribution in [0.4, 0.5) is 10.1 Å². The van der Waals surface area contributed by atoms with Crippen LogP contribution in [0, 0.1) is 12.7 Å². The molecule has 0 spiro atoms. The molecule has 0 atom stereocenters. The molecule has 0 aliphatic carbocycles. The summed E-state index contributed by atoms with van der Waals surface area (Å²) in [5.41, 5.74) is 0.992. The van der Waals surface area contributed by atoms with Gasteiger partial charge < -0.3 is 14.5 Å². The molecule has 0 saturated carbocycles. The zero-order valence-electron chi connectivity index (χ0n) is 10.7. The molecule has 0 radical (unpaired) electrons. The van der Waals surface area contributed by atoms with Crippen LogP contribution >= 0.6 is 0 Å². The minimum absolute atomic E-state index is 0.0416. The number of anilines is 1. The van der Waals surface area contributed by atoms with Crippen LogP contribution in [0.2, 0.25) is 0 Å². The fourth-order valence-corrected chi connectivity index (χ4v) is 1.50. The molecular formula is C14H12FNO4. The number of carbonyl (C=O) groups excluding carboxylic acids is 2. The summed E-state index contributed by atoms with van der Waals surface area (Å²) in [5.74, 6) is -1.85. The summed E-state index contributed by atoms with van der Waals surface area (Å²) in [6.45, 7) is 1.23. The van der Waals surface area contributed by atoms with Gasteiger partial charge >= 0.3 is 5.97 Å². The van der Waals surface area contributed by atoms with Crippen LogP contribution in [-0.2, 0) is 9.53 Å². The summed E-state index contributed by atoms with van der Waals surface area (Å²) in [4.78, 5) is 23.0. The maximum Gasteiger partial charge on any atom is 0.341 e. The molecule has 5 nitrogen and oxygen atoms in total. The fourth-order valence-electron chi connectivity index (χ4n) is 1.50. The lowest BCUT2D eigenvalue weighted by Crippen LogP contribution is -2.21. The minimum atomic E-state index is -0.682. The first-order valence-corrected chi connectivity index (χ1v) is 5.81. The van der Waals surface area contributed by atoms with Crippen molar-refractivity contribution in [2.45, 2.75) is 6.92 Å². The summed E-state index contributed by atoms with van der Waals surface area (Å²) in [5, 5.41) is 2.32. The van der Waals surface area contributed by atoms with Gasteiger partial charge in [0.25, 0.3) is 5.91 Å². The van der Waals surface area contributed by atoms with Gasteiger partial charge in [0.2, 0.25) is 0 Å². The van der Waals surface area contributed by atoms with Gasteiger partial charge in [-0.1, -0.05) is 6.07 Å². The predicted octanol–water partition coefficient (Wildman–Crippen LogP) is 2.52. The number of ether oxygens (including phenoxy) is 1. The van der Waals surface area contributed by atoms with E-state index in [-0.39, 0.29) is 11.3 Å². The molecule has 0 unspecified atom stereocenters. The Hall–Kier alpha value is -2.63. The normalized spacial score (nSPS) is 10.1. The Bertz CT molecular complexity index is 622. The highest BCUT2D eigenvalue weighted by molar-refractivity contribution is 5.95. The van der Waals surface area contributed by atoms with Crippen molar-refractivity contribution < 1.29 is 23.1 Å². The Kier molecular flexibility index (Phi) is 4.14. The third-order valence-electron chi connectivity index (χ3n) is 2.49. The maximum atomic E-state index is 13.5. The van der Waals surface area contributed by atoms with Crippen LogP contribution in [0.1, 0.15) is 15.9 Å². The lowest BCUT2D eigenvalue weighted by molar-refractivity contribution is -0.119. The number of carbonyl (C=O) groups is 2. The van der Waals surface area contributed by atoms with Crippen LogP contribution < -0.4 is 5.32 Å². The van der Waals surface area contributed by atoms with Gasteiger partial charge in [-0.3, -0.25) is 4.79 Å². The van der Waals surface area contributed by atoms with E-state index in [1.165, 1.54) is 30.7 Å². The van der Waals surface area contributed by atoms with Gasteiger partial charge in [0.1, 0.15) is 12.1 Å². The molecule has 0 aliphatic heterocycles. The van der Waals surface area contributed by atoms with Crippen molar-refractivity contribution >= 4 is 17.6 Å². The van der Waals surface area contributed by atoms with Crippen molar-refractivity contribution in [1.82, 2.24) is 0 Å². The third kappa shape index (κ3) is 3.44. The van der Waals surface area contributed by atoms with E-state index < -0.39 is 24.3 Å². The Labute approximate surface area is 114 Å².